The first kappa shape index (κ1) is 15.4. The predicted octanol–water partition coefficient (Wildman–Crippen LogP) is 3.38. The Morgan fingerprint density at radius 3 is 2.94 bits per heavy atom. The van der Waals surface area contributed by atoms with Gasteiger partial charge in [0.15, 0.2) is 6.29 Å². The molecule has 1 rings (SSSR count). The lowest BCUT2D eigenvalue weighted by Gasteiger charge is -2.22. The lowest BCUT2D eigenvalue weighted by molar-refractivity contribution is -0.165. The normalized spacial score (nSPS) is 21.0. The summed E-state index contributed by atoms with van der Waals surface area (Å²) in [6, 6.07) is 0. The summed E-state index contributed by atoms with van der Waals surface area (Å²) >= 11 is 0. The van der Waals surface area contributed by atoms with Gasteiger partial charge in [0, 0.05) is 13.2 Å². The molecular weight excluding hydrogens is 226 g/mol. The third-order valence-corrected chi connectivity index (χ3v) is 2.98. The molecule has 1 aliphatic heterocycles. The van der Waals surface area contributed by atoms with Crippen molar-refractivity contribution >= 4 is 0 Å². The zero-order chi connectivity index (χ0) is 13.2. The average molecular weight is 253 g/mol. The number of hydrogen-bond acceptors (Lipinski definition) is 3. The Hall–Kier alpha value is -0.640. The van der Waals surface area contributed by atoms with Crippen LogP contribution >= 0.6 is 0 Å². The summed E-state index contributed by atoms with van der Waals surface area (Å²) in [5.74, 6) is 0. The van der Waals surface area contributed by atoms with Crippen molar-refractivity contribution in [3.8, 4) is 0 Å². The first-order chi connectivity index (χ1) is 8.68. The van der Waals surface area contributed by atoms with Crippen LogP contribution in [0.25, 0.3) is 0 Å². The molecule has 1 aliphatic rings. The monoisotopic (exact) mass is 253 g/mol. The van der Waals surface area contributed by atoms with Crippen molar-refractivity contribution in [3.05, 3.63) is 23.8 Å². The second-order valence-electron chi connectivity index (χ2n) is 5.08. The molecule has 3 nitrogen and oxygen atoms in total. The topological polar surface area (TPSA) is 30.5 Å². The van der Waals surface area contributed by atoms with Gasteiger partial charge in [0.05, 0.1) is 6.73 Å². The van der Waals surface area contributed by atoms with Gasteiger partial charge in [-0.25, -0.2) is 0 Å². The number of ether oxygens (including phenoxy) is 2. The Morgan fingerprint density at radius 1 is 1.44 bits per heavy atom. The van der Waals surface area contributed by atoms with Gasteiger partial charge in [0.2, 0.25) is 0 Å². The second-order valence-corrected chi connectivity index (χ2v) is 5.08. The van der Waals surface area contributed by atoms with Crippen molar-refractivity contribution in [3.63, 3.8) is 0 Å². The standard InChI is InChI=1S/C15H27NO2/c1-13(2)7-6-8-14(3)11-16-12-18-15-9-4-5-10-17-15/h8,15-16H,1,4-7,9-12H2,2-3H3. The van der Waals surface area contributed by atoms with Gasteiger partial charge in [-0.2, -0.15) is 0 Å². The quantitative estimate of drug-likeness (QED) is 0.409. The molecule has 1 fully saturated rings. The van der Waals surface area contributed by atoms with Gasteiger partial charge in [0.1, 0.15) is 0 Å². The van der Waals surface area contributed by atoms with Crippen LogP contribution in [-0.4, -0.2) is 26.2 Å². The van der Waals surface area contributed by atoms with Crippen LogP contribution in [0.2, 0.25) is 0 Å². The number of rotatable bonds is 8. The first-order valence-electron chi connectivity index (χ1n) is 6.92. The van der Waals surface area contributed by atoms with Gasteiger partial charge < -0.3 is 9.47 Å². The summed E-state index contributed by atoms with van der Waals surface area (Å²) in [5.41, 5.74) is 2.59. The minimum atomic E-state index is -0.000971. The van der Waals surface area contributed by atoms with Crippen molar-refractivity contribution < 1.29 is 9.47 Å². The number of allylic oxidation sites excluding steroid dienone is 2. The highest BCUT2D eigenvalue weighted by Crippen LogP contribution is 2.12. The van der Waals surface area contributed by atoms with Gasteiger partial charge in [-0.15, -0.1) is 6.58 Å². The van der Waals surface area contributed by atoms with Gasteiger partial charge in [-0.05, 0) is 46.0 Å². The fourth-order valence-corrected chi connectivity index (χ4v) is 1.88. The van der Waals surface area contributed by atoms with Crippen LogP contribution in [0, 0.1) is 0 Å². The Balaban J connectivity index is 2.00. The highest BCUT2D eigenvalue weighted by Gasteiger charge is 2.13. The molecule has 0 amide bonds. The zero-order valence-electron chi connectivity index (χ0n) is 11.8. The molecule has 0 aromatic heterocycles. The average Bonchev–Trinajstić information content (AvgIpc) is 2.35. The minimum Gasteiger partial charge on any atom is -0.353 e. The molecule has 3 heteroatoms. The van der Waals surface area contributed by atoms with Crippen molar-refractivity contribution in [2.75, 3.05) is 19.9 Å². The number of hydrogen-bond donors (Lipinski definition) is 1. The fraction of sp³-hybridized carbons (Fsp3) is 0.733. The van der Waals surface area contributed by atoms with Crippen molar-refractivity contribution in [2.24, 2.45) is 0 Å². The van der Waals surface area contributed by atoms with Crippen LogP contribution in [0.15, 0.2) is 23.8 Å². The Labute approximate surface area is 111 Å². The van der Waals surface area contributed by atoms with E-state index in [1.54, 1.807) is 0 Å². The van der Waals surface area contributed by atoms with Gasteiger partial charge in [-0.3, -0.25) is 5.32 Å². The molecule has 0 aromatic rings. The maximum Gasteiger partial charge on any atom is 0.159 e. The summed E-state index contributed by atoms with van der Waals surface area (Å²) in [5, 5.41) is 3.28. The Morgan fingerprint density at radius 2 is 2.28 bits per heavy atom. The van der Waals surface area contributed by atoms with Gasteiger partial charge >= 0.3 is 0 Å². The Bertz CT molecular complexity index is 268. The van der Waals surface area contributed by atoms with Gasteiger partial charge in [-0.1, -0.05) is 17.2 Å². The molecule has 0 aromatic carbocycles. The molecular formula is C15H27NO2. The molecule has 1 heterocycles. The Kier molecular flexibility index (Phi) is 7.98. The van der Waals surface area contributed by atoms with Crippen molar-refractivity contribution in [2.45, 2.75) is 52.2 Å². The molecule has 0 radical (unpaired) electrons. The van der Waals surface area contributed by atoms with Crippen LogP contribution in [-0.2, 0) is 9.47 Å². The van der Waals surface area contributed by atoms with Crippen LogP contribution < -0.4 is 5.32 Å². The maximum absolute atomic E-state index is 5.60. The summed E-state index contributed by atoms with van der Waals surface area (Å²) < 4.78 is 11.1. The molecule has 18 heavy (non-hydrogen) atoms. The summed E-state index contributed by atoms with van der Waals surface area (Å²) in [7, 11) is 0. The third-order valence-electron chi connectivity index (χ3n) is 2.98. The van der Waals surface area contributed by atoms with E-state index in [-0.39, 0.29) is 6.29 Å². The highest BCUT2D eigenvalue weighted by molar-refractivity contribution is 5.02. The predicted molar refractivity (Wildman–Crippen MR) is 75.4 cm³/mol. The van der Waals surface area contributed by atoms with E-state index in [1.807, 2.05) is 0 Å². The SMILES string of the molecule is C=C(C)CCC=C(C)CNCOC1CCCCO1. The van der Waals surface area contributed by atoms with Crippen LogP contribution in [0.4, 0.5) is 0 Å². The van der Waals surface area contributed by atoms with Crippen LogP contribution in [0.3, 0.4) is 0 Å². The summed E-state index contributed by atoms with van der Waals surface area (Å²) in [4.78, 5) is 0. The van der Waals surface area contributed by atoms with Crippen molar-refractivity contribution in [1.82, 2.24) is 5.32 Å². The molecule has 0 aliphatic carbocycles. The molecule has 104 valence electrons. The van der Waals surface area contributed by atoms with E-state index in [2.05, 4.69) is 31.8 Å². The van der Waals surface area contributed by atoms with E-state index in [0.29, 0.717) is 6.73 Å². The zero-order valence-corrected chi connectivity index (χ0v) is 11.8. The summed E-state index contributed by atoms with van der Waals surface area (Å²) in [6.07, 6.45) is 7.81. The molecule has 0 bridgehead atoms. The molecule has 1 atom stereocenters. The second kappa shape index (κ2) is 9.31. The highest BCUT2D eigenvalue weighted by atomic mass is 16.7. The van der Waals surface area contributed by atoms with E-state index >= 15 is 0 Å². The first-order valence-corrected chi connectivity index (χ1v) is 6.92. The summed E-state index contributed by atoms with van der Waals surface area (Å²) in [6.45, 7) is 10.4. The molecule has 1 saturated heterocycles. The smallest absolute Gasteiger partial charge is 0.159 e. The lowest BCUT2D eigenvalue weighted by atomic mass is 10.1. The van der Waals surface area contributed by atoms with E-state index in [4.69, 9.17) is 9.47 Å². The fourth-order valence-electron chi connectivity index (χ4n) is 1.88. The van der Waals surface area contributed by atoms with Crippen LogP contribution in [0.5, 0.6) is 0 Å². The minimum absolute atomic E-state index is 0.000971. The van der Waals surface area contributed by atoms with Crippen LogP contribution in [0.1, 0.15) is 46.0 Å². The van der Waals surface area contributed by atoms with E-state index in [0.717, 1.165) is 38.8 Å². The van der Waals surface area contributed by atoms with Gasteiger partial charge in [0.25, 0.3) is 0 Å². The maximum atomic E-state index is 5.60. The van der Waals surface area contributed by atoms with Crippen molar-refractivity contribution in [1.29, 1.82) is 0 Å². The molecule has 0 saturated carbocycles. The van der Waals surface area contributed by atoms with E-state index in [1.165, 1.54) is 17.6 Å². The number of nitrogens with one attached hydrogen (secondary N) is 1. The van der Waals surface area contributed by atoms with E-state index in [9.17, 15) is 0 Å². The molecule has 1 unspecified atom stereocenters. The molecule has 1 N–H and O–H groups in total. The molecule has 0 spiro atoms. The van der Waals surface area contributed by atoms with E-state index < -0.39 is 0 Å². The largest absolute Gasteiger partial charge is 0.353 e. The lowest BCUT2D eigenvalue weighted by Crippen LogP contribution is -2.28. The third kappa shape index (κ3) is 7.64.